The van der Waals surface area contributed by atoms with Gasteiger partial charge in [-0.15, -0.1) is 11.6 Å². The Kier molecular flexibility index (Phi) is 2.66. The zero-order valence-electron chi connectivity index (χ0n) is 10.5. The minimum Gasteiger partial charge on any atom is -0.356 e. The van der Waals surface area contributed by atoms with Crippen molar-refractivity contribution < 1.29 is 8.91 Å². The Labute approximate surface area is 119 Å². The van der Waals surface area contributed by atoms with E-state index in [0.717, 1.165) is 18.9 Å². The lowest BCUT2D eigenvalue weighted by molar-refractivity contribution is 0.383. The number of hydrogen-bond donors (Lipinski definition) is 0. The van der Waals surface area contributed by atoms with Crippen molar-refractivity contribution in [1.82, 2.24) is 15.1 Å². The van der Waals surface area contributed by atoms with Crippen molar-refractivity contribution in [3.05, 3.63) is 35.9 Å². The molecule has 104 valence electrons. The van der Waals surface area contributed by atoms with Crippen LogP contribution in [-0.4, -0.2) is 28.2 Å². The van der Waals surface area contributed by atoms with Crippen LogP contribution in [0.25, 0.3) is 0 Å². The second-order valence-corrected chi connectivity index (χ2v) is 5.54. The number of pyridine rings is 1. The Bertz CT molecular complexity index is 637. The zero-order valence-corrected chi connectivity index (χ0v) is 11.3. The van der Waals surface area contributed by atoms with E-state index in [0.29, 0.717) is 29.5 Å². The van der Waals surface area contributed by atoms with Gasteiger partial charge in [0.25, 0.3) is 0 Å². The van der Waals surface area contributed by atoms with E-state index in [1.165, 1.54) is 18.3 Å². The van der Waals surface area contributed by atoms with Crippen LogP contribution in [0.3, 0.4) is 0 Å². The normalized spacial score (nSPS) is 27.7. The van der Waals surface area contributed by atoms with Gasteiger partial charge in [-0.1, -0.05) is 5.16 Å². The Morgan fingerprint density at radius 3 is 2.85 bits per heavy atom. The van der Waals surface area contributed by atoms with E-state index in [1.54, 1.807) is 0 Å². The van der Waals surface area contributed by atoms with Crippen LogP contribution in [0, 0.1) is 17.7 Å². The van der Waals surface area contributed by atoms with E-state index in [4.69, 9.17) is 16.1 Å². The van der Waals surface area contributed by atoms with E-state index < -0.39 is 0 Å². The molecule has 0 amide bonds. The highest BCUT2D eigenvalue weighted by Crippen LogP contribution is 2.57. The Hall–Kier alpha value is -1.69. The SMILES string of the molecule is Fc1ccnc(N2C[C@@H]3[C@H](C2)[C@H]3c2noc(CCl)n2)c1. The minimum atomic E-state index is -0.253. The standard InChI is InChI=1S/C13H12ClFN4O/c14-4-11-17-13(18-20-11)12-8-5-19(6-9(8)12)10-3-7(15)1-2-16-10/h1-3,8-9,12H,4-6H2/t8-,9+,12+. The second-order valence-electron chi connectivity index (χ2n) is 5.27. The number of hydrogen-bond acceptors (Lipinski definition) is 5. The van der Waals surface area contributed by atoms with Crippen LogP contribution in [-0.2, 0) is 5.88 Å². The van der Waals surface area contributed by atoms with Crippen LogP contribution < -0.4 is 4.90 Å². The van der Waals surface area contributed by atoms with E-state index in [2.05, 4.69) is 20.0 Å². The number of rotatable bonds is 3. The number of alkyl halides is 1. The van der Waals surface area contributed by atoms with Gasteiger partial charge in [-0.05, 0) is 17.9 Å². The van der Waals surface area contributed by atoms with Gasteiger partial charge in [0.1, 0.15) is 17.5 Å². The average molecular weight is 295 g/mol. The molecule has 7 heteroatoms. The molecule has 20 heavy (non-hydrogen) atoms. The molecule has 1 saturated heterocycles. The molecule has 0 radical (unpaired) electrons. The van der Waals surface area contributed by atoms with Crippen LogP contribution in [0.1, 0.15) is 17.6 Å². The van der Waals surface area contributed by atoms with Gasteiger partial charge >= 0.3 is 0 Å². The monoisotopic (exact) mass is 294 g/mol. The molecule has 0 bridgehead atoms. The lowest BCUT2D eigenvalue weighted by Gasteiger charge is -2.20. The quantitative estimate of drug-likeness (QED) is 0.812. The number of piperidine rings is 1. The van der Waals surface area contributed by atoms with Crippen LogP contribution in [0.4, 0.5) is 10.2 Å². The number of fused-ring (bicyclic) bond motifs is 1. The molecule has 2 aromatic rings. The molecule has 4 rings (SSSR count). The van der Waals surface area contributed by atoms with E-state index in [9.17, 15) is 4.39 Å². The molecule has 0 N–H and O–H groups in total. The lowest BCUT2D eigenvalue weighted by atomic mass is 10.2. The van der Waals surface area contributed by atoms with Gasteiger partial charge in [0, 0.05) is 31.3 Å². The maximum Gasteiger partial charge on any atom is 0.241 e. The van der Waals surface area contributed by atoms with Gasteiger partial charge in [-0.2, -0.15) is 4.98 Å². The molecule has 5 nitrogen and oxygen atoms in total. The van der Waals surface area contributed by atoms with Crippen molar-refractivity contribution >= 4 is 17.4 Å². The topological polar surface area (TPSA) is 55.1 Å². The van der Waals surface area contributed by atoms with Gasteiger partial charge in [0.05, 0.1) is 0 Å². The first-order valence-electron chi connectivity index (χ1n) is 6.51. The summed E-state index contributed by atoms with van der Waals surface area (Å²) >= 11 is 5.66. The summed E-state index contributed by atoms with van der Waals surface area (Å²) in [7, 11) is 0. The van der Waals surface area contributed by atoms with Crippen LogP contribution >= 0.6 is 11.6 Å². The van der Waals surface area contributed by atoms with Crippen molar-refractivity contribution in [1.29, 1.82) is 0 Å². The summed E-state index contributed by atoms with van der Waals surface area (Å²) in [5.41, 5.74) is 0. The van der Waals surface area contributed by atoms with Gasteiger partial charge < -0.3 is 9.42 Å². The van der Waals surface area contributed by atoms with Gasteiger partial charge in [0.2, 0.25) is 5.89 Å². The Morgan fingerprint density at radius 2 is 2.20 bits per heavy atom. The fourth-order valence-corrected chi connectivity index (χ4v) is 3.23. The van der Waals surface area contributed by atoms with Crippen molar-refractivity contribution in [2.75, 3.05) is 18.0 Å². The van der Waals surface area contributed by atoms with Crippen LogP contribution in [0.2, 0.25) is 0 Å². The summed E-state index contributed by atoms with van der Waals surface area (Å²) in [4.78, 5) is 10.6. The first-order chi connectivity index (χ1) is 9.76. The summed E-state index contributed by atoms with van der Waals surface area (Å²) in [6.07, 6.45) is 1.50. The zero-order chi connectivity index (χ0) is 13.7. The van der Waals surface area contributed by atoms with E-state index in [1.807, 2.05) is 0 Å². The Morgan fingerprint density at radius 1 is 1.40 bits per heavy atom. The minimum absolute atomic E-state index is 0.244. The molecule has 0 spiro atoms. The summed E-state index contributed by atoms with van der Waals surface area (Å²) in [6, 6.07) is 2.83. The summed E-state index contributed by atoms with van der Waals surface area (Å²) < 4.78 is 18.2. The second kappa shape index (κ2) is 4.41. The Balaban J connectivity index is 1.46. The maximum atomic E-state index is 13.2. The average Bonchev–Trinajstić information content (AvgIpc) is 2.87. The smallest absolute Gasteiger partial charge is 0.241 e. The van der Waals surface area contributed by atoms with Gasteiger partial charge in [-0.25, -0.2) is 9.37 Å². The fourth-order valence-electron chi connectivity index (χ4n) is 3.12. The number of anilines is 1. The molecule has 0 unspecified atom stereocenters. The van der Waals surface area contributed by atoms with Crippen LogP contribution in [0.15, 0.2) is 22.9 Å². The number of aromatic nitrogens is 3. The third-order valence-corrected chi connectivity index (χ3v) is 4.35. The molecule has 2 aliphatic rings. The third-order valence-electron chi connectivity index (χ3n) is 4.12. The van der Waals surface area contributed by atoms with Crippen molar-refractivity contribution in [3.8, 4) is 0 Å². The highest BCUT2D eigenvalue weighted by molar-refractivity contribution is 6.16. The number of halogens is 2. The first kappa shape index (κ1) is 12.1. The van der Waals surface area contributed by atoms with Crippen LogP contribution in [0.5, 0.6) is 0 Å². The van der Waals surface area contributed by atoms with Gasteiger partial charge in [-0.3, -0.25) is 0 Å². The summed E-state index contributed by atoms with van der Waals surface area (Å²) in [5.74, 6) is 3.26. The largest absolute Gasteiger partial charge is 0.356 e. The first-order valence-corrected chi connectivity index (χ1v) is 7.04. The van der Waals surface area contributed by atoms with E-state index >= 15 is 0 Å². The van der Waals surface area contributed by atoms with Gasteiger partial charge in [0.15, 0.2) is 5.82 Å². The molecule has 2 fully saturated rings. The van der Waals surface area contributed by atoms with Crippen molar-refractivity contribution in [2.24, 2.45) is 11.8 Å². The van der Waals surface area contributed by atoms with E-state index in [-0.39, 0.29) is 11.7 Å². The van der Waals surface area contributed by atoms with Crippen molar-refractivity contribution in [3.63, 3.8) is 0 Å². The lowest BCUT2D eigenvalue weighted by Crippen LogP contribution is -2.24. The third kappa shape index (κ3) is 1.86. The molecule has 0 aromatic carbocycles. The molecular weight excluding hydrogens is 283 g/mol. The molecule has 1 aliphatic heterocycles. The molecule has 1 aliphatic carbocycles. The summed E-state index contributed by atoms with van der Waals surface area (Å²) in [5, 5.41) is 3.98. The maximum absolute atomic E-state index is 13.2. The predicted octanol–water partition coefficient (Wildman–Crippen LogP) is 2.19. The summed E-state index contributed by atoms with van der Waals surface area (Å²) in [6.45, 7) is 1.72. The predicted molar refractivity (Wildman–Crippen MR) is 70.0 cm³/mol. The molecule has 1 saturated carbocycles. The molecular formula is C13H12ClFN4O. The molecule has 3 heterocycles. The molecule has 2 aromatic heterocycles. The highest BCUT2D eigenvalue weighted by Gasteiger charge is 2.58. The molecule has 3 atom stereocenters. The highest BCUT2D eigenvalue weighted by atomic mass is 35.5. The number of nitrogens with zero attached hydrogens (tertiary/aromatic N) is 4. The van der Waals surface area contributed by atoms with Crippen molar-refractivity contribution in [2.45, 2.75) is 11.8 Å². The fraction of sp³-hybridized carbons (Fsp3) is 0.462.